The average Bonchev–Trinajstić information content (AvgIpc) is 3.22. The van der Waals surface area contributed by atoms with Crippen LogP contribution in [0.15, 0.2) is 77.3 Å². The zero-order valence-corrected chi connectivity index (χ0v) is 19.2. The van der Waals surface area contributed by atoms with E-state index in [1.807, 2.05) is 6.07 Å². The van der Waals surface area contributed by atoms with Crippen molar-refractivity contribution in [1.82, 2.24) is 5.16 Å². The van der Waals surface area contributed by atoms with Crippen LogP contribution in [0.25, 0.3) is 22.5 Å². The van der Waals surface area contributed by atoms with E-state index in [-0.39, 0.29) is 12.2 Å². The number of aryl methyl sites for hydroxylation is 1. The predicted octanol–water partition coefficient (Wildman–Crippen LogP) is 6.96. The molecule has 0 aliphatic rings. The Morgan fingerprint density at radius 1 is 1.03 bits per heavy atom. The maximum Gasteiger partial charge on any atom is 0.419 e. The highest BCUT2D eigenvalue weighted by Crippen LogP contribution is 2.41. The Bertz CT molecular complexity index is 1360. The number of amides is 1. The molecule has 3 aromatic carbocycles. The number of carboxylic acid groups (broad SMARTS) is 1. The standard InChI is InChI=1S/C26H21ClN2O5/c1-3-33-26(32)29(22-14-7-6-13-21(22)27)23-16(2)28-34-24(23)18-10-8-9-17(15-18)19-11-4-5-12-20(19)25(30)31/h4-15H,3H2,1-2H3,(H,30,31). The molecule has 1 amide bonds. The Morgan fingerprint density at radius 2 is 1.74 bits per heavy atom. The SMILES string of the molecule is CCOC(=O)N(c1ccccc1Cl)c1c(C)noc1-c1cccc(-c2ccccc2C(=O)O)c1. The summed E-state index contributed by atoms with van der Waals surface area (Å²) in [5.74, 6) is -0.704. The van der Waals surface area contributed by atoms with E-state index in [2.05, 4.69) is 5.16 Å². The molecule has 0 fully saturated rings. The molecule has 0 aliphatic carbocycles. The van der Waals surface area contributed by atoms with Crippen molar-refractivity contribution in [2.75, 3.05) is 11.5 Å². The van der Waals surface area contributed by atoms with Gasteiger partial charge in [0.05, 0.1) is 22.9 Å². The van der Waals surface area contributed by atoms with Gasteiger partial charge in [-0.2, -0.15) is 0 Å². The molecule has 0 spiro atoms. The van der Waals surface area contributed by atoms with Crippen LogP contribution in [0, 0.1) is 6.92 Å². The first-order valence-corrected chi connectivity index (χ1v) is 10.9. The third-order valence-corrected chi connectivity index (χ3v) is 5.51. The van der Waals surface area contributed by atoms with Gasteiger partial charge >= 0.3 is 12.1 Å². The maximum absolute atomic E-state index is 13.0. The summed E-state index contributed by atoms with van der Waals surface area (Å²) in [6.07, 6.45) is -0.629. The van der Waals surface area contributed by atoms with Crippen molar-refractivity contribution < 1.29 is 24.0 Å². The van der Waals surface area contributed by atoms with Crippen molar-refractivity contribution in [2.24, 2.45) is 0 Å². The molecule has 0 atom stereocenters. The number of nitrogens with zero attached hydrogens (tertiary/aromatic N) is 2. The molecule has 7 nitrogen and oxygen atoms in total. The number of carboxylic acids is 1. The lowest BCUT2D eigenvalue weighted by atomic mass is 9.97. The van der Waals surface area contributed by atoms with E-state index in [0.29, 0.717) is 44.5 Å². The van der Waals surface area contributed by atoms with Gasteiger partial charge in [0.2, 0.25) is 0 Å². The number of ether oxygens (including phenoxy) is 1. The highest BCUT2D eigenvalue weighted by Gasteiger charge is 2.30. The van der Waals surface area contributed by atoms with Crippen molar-refractivity contribution in [3.8, 4) is 22.5 Å². The number of hydrogen-bond acceptors (Lipinski definition) is 5. The number of aromatic nitrogens is 1. The average molecular weight is 477 g/mol. The predicted molar refractivity (Wildman–Crippen MR) is 130 cm³/mol. The van der Waals surface area contributed by atoms with Gasteiger partial charge in [-0.15, -0.1) is 0 Å². The molecule has 172 valence electrons. The van der Waals surface area contributed by atoms with E-state index in [9.17, 15) is 14.7 Å². The normalized spacial score (nSPS) is 10.7. The van der Waals surface area contributed by atoms with Gasteiger partial charge in [0.1, 0.15) is 11.4 Å². The molecule has 34 heavy (non-hydrogen) atoms. The summed E-state index contributed by atoms with van der Waals surface area (Å²) in [6, 6.07) is 20.8. The molecule has 0 saturated heterocycles. The lowest BCUT2D eigenvalue weighted by molar-refractivity contribution is 0.0697. The highest BCUT2D eigenvalue weighted by atomic mass is 35.5. The number of aromatic carboxylic acids is 1. The van der Waals surface area contributed by atoms with E-state index in [4.69, 9.17) is 20.9 Å². The largest absolute Gasteiger partial charge is 0.478 e. The number of rotatable bonds is 6. The van der Waals surface area contributed by atoms with E-state index >= 15 is 0 Å². The van der Waals surface area contributed by atoms with Gasteiger partial charge in [0.25, 0.3) is 0 Å². The number of benzene rings is 3. The van der Waals surface area contributed by atoms with Crippen LogP contribution < -0.4 is 4.90 Å². The van der Waals surface area contributed by atoms with Gasteiger partial charge in [-0.1, -0.05) is 65.3 Å². The van der Waals surface area contributed by atoms with E-state index in [1.54, 1.807) is 80.6 Å². The van der Waals surface area contributed by atoms with Crippen LogP contribution in [-0.2, 0) is 4.74 Å². The molecule has 4 rings (SSSR count). The van der Waals surface area contributed by atoms with Crippen LogP contribution in [0.2, 0.25) is 5.02 Å². The summed E-state index contributed by atoms with van der Waals surface area (Å²) in [5.41, 5.74) is 3.28. The quantitative estimate of drug-likeness (QED) is 0.323. The summed E-state index contributed by atoms with van der Waals surface area (Å²) in [4.78, 5) is 26.1. The van der Waals surface area contributed by atoms with Crippen molar-refractivity contribution >= 4 is 35.0 Å². The number of carbonyl (C=O) groups is 2. The summed E-state index contributed by atoms with van der Waals surface area (Å²) in [7, 11) is 0. The van der Waals surface area contributed by atoms with Gasteiger partial charge in [0, 0.05) is 5.56 Å². The molecule has 1 heterocycles. The van der Waals surface area contributed by atoms with Crippen LogP contribution in [-0.4, -0.2) is 28.9 Å². The highest BCUT2D eigenvalue weighted by molar-refractivity contribution is 6.34. The first-order chi connectivity index (χ1) is 16.4. The Balaban J connectivity index is 1.88. The first-order valence-electron chi connectivity index (χ1n) is 10.5. The molecular formula is C26H21ClN2O5. The summed E-state index contributed by atoms with van der Waals surface area (Å²) in [6.45, 7) is 3.60. The number of hydrogen-bond donors (Lipinski definition) is 1. The van der Waals surface area contributed by atoms with E-state index in [0.717, 1.165) is 0 Å². The minimum absolute atomic E-state index is 0.168. The van der Waals surface area contributed by atoms with Crippen molar-refractivity contribution in [3.05, 3.63) is 89.1 Å². The molecule has 4 aromatic rings. The number of carbonyl (C=O) groups excluding carboxylic acids is 1. The van der Waals surface area contributed by atoms with Crippen LogP contribution in [0.3, 0.4) is 0 Å². The van der Waals surface area contributed by atoms with Crippen molar-refractivity contribution in [2.45, 2.75) is 13.8 Å². The third kappa shape index (κ3) is 4.38. The second kappa shape index (κ2) is 9.80. The van der Waals surface area contributed by atoms with Gasteiger partial charge in [-0.05, 0) is 49.2 Å². The first kappa shape index (κ1) is 23.1. The zero-order chi connectivity index (χ0) is 24.2. The molecule has 0 radical (unpaired) electrons. The van der Waals surface area contributed by atoms with Crippen molar-refractivity contribution in [3.63, 3.8) is 0 Å². The van der Waals surface area contributed by atoms with Crippen molar-refractivity contribution in [1.29, 1.82) is 0 Å². The van der Waals surface area contributed by atoms with Crippen LogP contribution in [0.1, 0.15) is 23.0 Å². The van der Waals surface area contributed by atoms with Crippen LogP contribution >= 0.6 is 11.6 Å². The molecule has 0 unspecified atom stereocenters. The molecule has 0 saturated carbocycles. The summed E-state index contributed by atoms with van der Waals surface area (Å²) >= 11 is 6.43. The molecule has 0 aliphatic heterocycles. The fourth-order valence-corrected chi connectivity index (χ4v) is 3.92. The molecule has 1 N–H and O–H groups in total. The Labute approximate surface area is 201 Å². The number of anilines is 2. The fourth-order valence-electron chi connectivity index (χ4n) is 3.70. The number of para-hydroxylation sites is 1. The smallest absolute Gasteiger partial charge is 0.419 e. The molecule has 1 aromatic heterocycles. The van der Waals surface area contributed by atoms with Gasteiger partial charge < -0.3 is 14.4 Å². The fraction of sp³-hybridized carbons (Fsp3) is 0.115. The summed E-state index contributed by atoms with van der Waals surface area (Å²) in [5, 5.41) is 14.0. The second-order valence-electron chi connectivity index (χ2n) is 7.36. The Hall–Kier alpha value is -4.10. The molecule has 0 bridgehead atoms. The molecular weight excluding hydrogens is 456 g/mol. The lowest BCUT2D eigenvalue weighted by Crippen LogP contribution is -2.27. The van der Waals surface area contributed by atoms with E-state index in [1.165, 1.54) is 4.90 Å². The van der Waals surface area contributed by atoms with Crippen LogP contribution in [0.4, 0.5) is 16.2 Å². The topological polar surface area (TPSA) is 92.9 Å². The Kier molecular flexibility index (Phi) is 6.65. The van der Waals surface area contributed by atoms with E-state index < -0.39 is 12.1 Å². The minimum atomic E-state index is -1.02. The van der Waals surface area contributed by atoms with Gasteiger partial charge in [-0.3, -0.25) is 0 Å². The second-order valence-corrected chi connectivity index (χ2v) is 7.77. The zero-order valence-electron chi connectivity index (χ0n) is 18.5. The summed E-state index contributed by atoms with van der Waals surface area (Å²) < 4.78 is 11.0. The van der Waals surface area contributed by atoms with Gasteiger partial charge in [-0.25, -0.2) is 14.5 Å². The maximum atomic E-state index is 13.0. The minimum Gasteiger partial charge on any atom is -0.478 e. The Morgan fingerprint density at radius 3 is 2.47 bits per heavy atom. The monoisotopic (exact) mass is 476 g/mol. The lowest BCUT2D eigenvalue weighted by Gasteiger charge is -2.23. The van der Waals surface area contributed by atoms with Gasteiger partial charge in [0.15, 0.2) is 5.76 Å². The van der Waals surface area contributed by atoms with Crippen LogP contribution in [0.5, 0.6) is 0 Å². The molecule has 8 heteroatoms. The number of halogens is 1. The third-order valence-electron chi connectivity index (χ3n) is 5.19.